The molecular formula is C13H14BrNO3. The summed E-state index contributed by atoms with van der Waals surface area (Å²) in [5, 5.41) is 3.94. The lowest BCUT2D eigenvalue weighted by atomic mass is 10.2. The lowest BCUT2D eigenvalue weighted by molar-refractivity contribution is -0.113. The maximum absolute atomic E-state index is 11.4. The number of fused-ring (bicyclic) bond motifs is 1. The quantitative estimate of drug-likeness (QED) is 0.859. The van der Waals surface area contributed by atoms with E-state index < -0.39 is 0 Å². The summed E-state index contributed by atoms with van der Waals surface area (Å²) in [4.78, 5) is 11.4. The van der Waals surface area contributed by atoms with Crippen LogP contribution in [0.15, 0.2) is 28.9 Å². The van der Waals surface area contributed by atoms with Crippen LogP contribution in [-0.4, -0.2) is 17.8 Å². The van der Waals surface area contributed by atoms with Crippen molar-refractivity contribution in [3.8, 4) is 5.75 Å². The highest BCUT2D eigenvalue weighted by Gasteiger charge is 2.09. The molecule has 0 saturated carbocycles. The predicted octanol–water partition coefficient (Wildman–Crippen LogP) is 3.56. The van der Waals surface area contributed by atoms with Crippen molar-refractivity contribution in [2.45, 2.75) is 13.3 Å². The first-order valence-electron chi connectivity index (χ1n) is 5.74. The van der Waals surface area contributed by atoms with Gasteiger partial charge in [0.2, 0.25) is 5.91 Å². The first-order valence-corrected chi connectivity index (χ1v) is 6.86. The Morgan fingerprint density at radius 1 is 1.50 bits per heavy atom. The van der Waals surface area contributed by atoms with Crippen molar-refractivity contribution in [2.75, 3.05) is 17.3 Å². The van der Waals surface area contributed by atoms with Gasteiger partial charge in [0.1, 0.15) is 11.3 Å². The summed E-state index contributed by atoms with van der Waals surface area (Å²) in [6, 6.07) is 5.46. The monoisotopic (exact) mass is 311 g/mol. The number of rotatable bonds is 5. The number of furan rings is 1. The second kappa shape index (κ2) is 5.91. The molecule has 18 heavy (non-hydrogen) atoms. The van der Waals surface area contributed by atoms with Gasteiger partial charge in [0, 0.05) is 17.8 Å². The molecule has 0 bridgehead atoms. The van der Waals surface area contributed by atoms with E-state index in [1.807, 2.05) is 19.1 Å². The third-order valence-electron chi connectivity index (χ3n) is 2.40. The van der Waals surface area contributed by atoms with E-state index in [1.165, 1.54) is 0 Å². The Hall–Kier alpha value is -1.49. The number of benzene rings is 1. The fourth-order valence-electron chi connectivity index (χ4n) is 1.64. The number of halogens is 1. The molecule has 1 aromatic heterocycles. The van der Waals surface area contributed by atoms with Crippen LogP contribution >= 0.6 is 15.9 Å². The lowest BCUT2D eigenvalue weighted by Gasteiger charge is -2.09. The van der Waals surface area contributed by atoms with Gasteiger partial charge in [-0.3, -0.25) is 4.79 Å². The van der Waals surface area contributed by atoms with Gasteiger partial charge in [-0.25, -0.2) is 0 Å². The first-order chi connectivity index (χ1) is 8.74. The van der Waals surface area contributed by atoms with E-state index in [4.69, 9.17) is 9.15 Å². The zero-order valence-electron chi connectivity index (χ0n) is 10.0. The molecule has 0 saturated heterocycles. The fourth-order valence-corrected chi connectivity index (χ4v) is 1.78. The molecule has 1 amide bonds. The van der Waals surface area contributed by atoms with Crippen LogP contribution in [0.1, 0.15) is 13.3 Å². The average Bonchev–Trinajstić information content (AvgIpc) is 2.84. The van der Waals surface area contributed by atoms with Crippen molar-refractivity contribution in [2.24, 2.45) is 0 Å². The second-order valence-electron chi connectivity index (χ2n) is 3.84. The topological polar surface area (TPSA) is 51.5 Å². The molecule has 5 heteroatoms. The van der Waals surface area contributed by atoms with Crippen LogP contribution in [0.5, 0.6) is 5.75 Å². The van der Waals surface area contributed by atoms with Crippen LogP contribution in [-0.2, 0) is 4.79 Å². The molecule has 1 heterocycles. The van der Waals surface area contributed by atoms with Crippen molar-refractivity contribution < 1.29 is 13.9 Å². The van der Waals surface area contributed by atoms with E-state index >= 15 is 0 Å². The SMILES string of the molecule is CCCOc1cc(NC(=O)CBr)cc2occc12. The Morgan fingerprint density at radius 2 is 2.33 bits per heavy atom. The lowest BCUT2D eigenvalue weighted by Crippen LogP contribution is -2.12. The van der Waals surface area contributed by atoms with Crippen LogP contribution in [0.4, 0.5) is 5.69 Å². The molecule has 0 aliphatic heterocycles. The highest BCUT2D eigenvalue weighted by Crippen LogP contribution is 2.31. The zero-order chi connectivity index (χ0) is 13.0. The number of anilines is 1. The minimum atomic E-state index is -0.109. The molecular weight excluding hydrogens is 298 g/mol. The first kappa shape index (κ1) is 13.0. The molecule has 0 aliphatic rings. The van der Waals surface area contributed by atoms with Crippen molar-refractivity contribution in [3.05, 3.63) is 24.5 Å². The van der Waals surface area contributed by atoms with Gasteiger partial charge in [-0.2, -0.15) is 0 Å². The number of alkyl halides is 1. The number of nitrogens with one attached hydrogen (secondary N) is 1. The Bertz CT molecular complexity index is 550. The van der Waals surface area contributed by atoms with E-state index in [-0.39, 0.29) is 11.2 Å². The maximum atomic E-state index is 11.4. The predicted molar refractivity (Wildman–Crippen MR) is 74.4 cm³/mol. The Balaban J connectivity index is 2.33. The minimum absolute atomic E-state index is 0.109. The third kappa shape index (κ3) is 2.85. The molecule has 0 atom stereocenters. The van der Waals surface area contributed by atoms with Gasteiger partial charge < -0.3 is 14.5 Å². The molecule has 1 aromatic carbocycles. The van der Waals surface area contributed by atoms with E-state index in [0.29, 0.717) is 17.9 Å². The van der Waals surface area contributed by atoms with Gasteiger partial charge in [-0.1, -0.05) is 22.9 Å². The van der Waals surface area contributed by atoms with Gasteiger partial charge in [-0.15, -0.1) is 0 Å². The molecule has 0 radical (unpaired) electrons. The molecule has 4 nitrogen and oxygen atoms in total. The Morgan fingerprint density at radius 3 is 3.06 bits per heavy atom. The number of hydrogen-bond donors (Lipinski definition) is 1. The summed E-state index contributed by atoms with van der Waals surface area (Å²) >= 11 is 3.11. The standard InChI is InChI=1S/C13H14BrNO3/c1-2-4-17-11-6-9(15-13(16)8-14)7-12-10(11)3-5-18-12/h3,5-7H,2,4,8H2,1H3,(H,15,16). The summed E-state index contributed by atoms with van der Waals surface area (Å²) < 4.78 is 11.0. The van der Waals surface area contributed by atoms with E-state index in [1.54, 1.807) is 12.3 Å². The molecule has 2 rings (SSSR count). The van der Waals surface area contributed by atoms with Crippen LogP contribution in [0.2, 0.25) is 0 Å². The number of ether oxygens (including phenoxy) is 1. The van der Waals surface area contributed by atoms with Gasteiger partial charge in [0.05, 0.1) is 23.6 Å². The Kier molecular flexibility index (Phi) is 4.25. The van der Waals surface area contributed by atoms with Crippen molar-refractivity contribution >= 4 is 38.5 Å². The maximum Gasteiger partial charge on any atom is 0.235 e. The van der Waals surface area contributed by atoms with Gasteiger partial charge in [0.25, 0.3) is 0 Å². The largest absolute Gasteiger partial charge is 0.493 e. The fraction of sp³-hybridized carbons (Fsp3) is 0.308. The highest BCUT2D eigenvalue weighted by molar-refractivity contribution is 9.09. The molecule has 0 spiro atoms. The minimum Gasteiger partial charge on any atom is -0.493 e. The molecule has 0 fully saturated rings. The number of amides is 1. The molecule has 2 aromatic rings. The molecule has 0 unspecified atom stereocenters. The van der Waals surface area contributed by atoms with Crippen molar-refractivity contribution in [1.82, 2.24) is 0 Å². The van der Waals surface area contributed by atoms with Crippen LogP contribution < -0.4 is 10.1 Å². The zero-order valence-corrected chi connectivity index (χ0v) is 11.6. The van der Waals surface area contributed by atoms with Gasteiger partial charge >= 0.3 is 0 Å². The number of carbonyl (C=O) groups is 1. The van der Waals surface area contributed by atoms with Crippen molar-refractivity contribution in [3.63, 3.8) is 0 Å². The summed E-state index contributed by atoms with van der Waals surface area (Å²) in [7, 11) is 0. The number of hydrogen-bond acceptors (Lipinski definition) is 3. The average molecular weight is 312 g/mol. The van der Waals surface area contributed by atoms with Gasteiger partial charge in [0.15, 0.2) is 0 Å². The van der Waals surface area contributed by atoms with Crippen LogP contribution in [0, 0.1) is 0 Å². The second-order valence-corrected chi connectivity index (χ2v) is 4.40. The summed E-state index contributed by atoms with van der Waals surface area (Å²) in [6.07, 6.45) is 2.54. The van der Waals surface area contributed by atoms with E-state index in [9.17, 15) is 4.79 Å². The smallest absolute Gasteiger partial charge is 0.235 e. The molecule has 1 N–H and O–H groups in total. The summed E-state index contributed by atoms with van der Waals surface area (Å²) in [5.41, 5.74) is 1.38. The van der Waals surface area contributed by atoms with Gasteiger partial charge in [-0.05, 0) is 12.5 Å². The normalized spacial score (nSPS) is 10.6. The van der Waals surface area contributed by atoms with Crippen molar-refractivity contribution in [1.29, 1.82) is 0 Å². The highest BCUT2D eigenvalue weighted by atomic mass is 79.9. The molecule has 0 aliphatic carbocycles. The van der Waals surface area contributed by atoms with E-state index in [0.717, 1.165) is 17.6 Å². The molecule has 96 valence electrons. The summed E-state index contributed by atoms with van der Waals surface area (Å²) in [6.45, 7) is 2.68. The number of carbonyl (C=O) groups excluding carboxylic acids is 1. The van der Waals surface area contributed by atoms with Crippen LogP contribution in [0.25, 0.3) is 11.0 Å². The third-order valence-corrected chi connectivity index (χ3v) is 2.91. The van der Waals surface area contributed by atoms with E-state index in [2.05, 4.69) is 21.2 Å². The van der Waals surface area contributed by atoms with Crippen LogP contribution in [0.3, 0.4) is 0 Å². The summed E-state index contributed by atoms with van der Waals surface area (Å²) in [5.74, 6) is 0.621. The Labute approximate surface area is 113 Å².